The fraction of sp³-hybridized carbons (Fsp3) is 0.350. The summed E-state index contributed by atoms with van der Waals surface area (Å²) in [4.78, 5) is 26.9. The number of carbonyl (C=O) groups is 1. The van der Waals surface area contributed by atoms with Crippen LogP contribution in [0.15, 0.2) is 39.5 Å². The molecule has 0 fully saturated rings. The van der Waals surface area contributed by atoms with E-state index < -0.39 is 0 Å². The van der Waals surface area contributed by atoms with Gasteiger partial charge >= 0.3 is 0 Å². The van der Waals surface area contributed by atoms with E-state index in [4.69, 9.17) is 4.42 Å². The smallest absolute Gasteiger partial charge is 0.277 e. The Labute approximate surface area is 157 Å². The molecular formula is C20H24N4O3. The molecule has 1 amide bonds. The van der Waals surface area contributed by atoms with Crippen LogP contribution in [0.2, 0.25) is 0 Å². The van der Waals surface area contributed by atoms with Gasteiger partial charge in [-0.1, -0.05) is 30.3 Å². The number of hydrogen-bond donors (Lipinski definition) is 2. The van der Waals surface area contributed by atoms with Gasteiger partial charge in [0.25, 0.3) is 5.56 Å². The highest BCUT2D eigenvalue weighted by Gasteiger charge is 2.20. The first kappa shape index (κ1) is 18.8. The molecular weight excluding hydrogens is 344 g/mol. The molecule has 0 saturated carbocycles. The summed E-state index contributed by atoms with van der Waals surface area (Å²) in [6, 6.07) is 10.2. The summed E-state index contributed by atoms with van der Waals surface area (Å²) < 4.78 is 5.65. The maximum Gasteiger partial charge on any atom is 0.277 e. The second-order valence-corrected chi connectivity index (χ2v) is 6.91. The molecule has 0 bridgehead atoms. The summed E-state index contributed by atoms with van der Waals surface area (Å²) in [5.41, 5.74) is 1.41. The van der Waals surface area contributed by atoms with Crippen LogP contribution in [-0.4, -0.2) is 33.6 Å². The van der Waals surface area contributed by atoms with Gasteiger partial charge in [0, 0.05) is 12.6 Å². The first-order valence-electron chi connectivity index (χ1n) is 8.93. The number of nitrogens with zero attached hydrogens (tertiary/aromatic N) is 2. The minimum atomic E-state index is -0.382. The second kappa shape index (κ2) is 7.75. The lowest BCUT2D eigenvalue weighted by molar-refractivity contribution is -0.118. The van der Waals surface area contributed by atoms with Crippen LogP contribution in [0, 0.1) is 13.8 Å². The summed E-state index contributed by atoms with van der Waals surface area (Å²) in [5.74, 6) is 0.494. The number of H-pyrrole nitrogens is 1. The largest absolute Gasteiger partial charge is 0.444 e. The Bertz CT molecular complexity index is 1010. The molecule has 0 atom stereocenters. The van der Waals surface area contributed by atoms with Crippen molar-refractivity contribution < 1.29 is 9.21 Å². The molecule has 27 heavy (non-hydrogen) atoms. The van der Waals surface area contributed by atoms with Crippen molar-refractivity contribution in [1.82, 2.24) is 15.1 Å². The number of hydrogen-bond acceptors (Lipinski definition) is 5. The maximum atomic E-state index is 12.6. The highest BCUT2D eigenvalue weighted by Crippen LogP contribution is 2.28. The first-order chi connectivity index (χ1) is 12.9. The number of fused-ring (bicyclic) bond motifs is 1. The highest BCUT2D eigenvalue weighted by atomic mass is 16.4. The number of rotatable bonds is 6. The van der Waals surface area contributed by atoms with Crippen LogP contribution in [-0.2, 0) is 11.3 Å². The number of aromatic amines is 1. The molecule has 0 radical (unpaired) electrons. The number of aryl methyl sites for hydroxylation is 2. The zero-order valence-electron chi connectivity index (χ0n) is 16.0. The lowest BCUT2D eigenvalue weighted by Crippen LogP contribution is -2.37. The standard InChI is InChI=1S/C20H24N4O3/c1-12(2)24(10-15-8-6-5-7-9-15)11-16(25)21-20-18-17(14(4)27-20)13(3)22-23-19(18)26/h5-9,12H,10-11H2,1-4H3,(H,21,25)(H,23,26). The van der Waals surface area contributed by atoms with Crippen molar-refractivity contribution in [2.75, 3.05) is 11.9 Å². The Hall–Kier alpha value is -2.93. The van der Waals surface area contributed by atoms with Crippen molar-refractivity contribution in [3.05, 3.63) is 57.7 Å². The van der Waals surface area contributed by atoms with Gasteiger partial charge in [0.05, 0.1) is 17.6 Å². The van der Waals surface area contributed by atoms with Crippen LogP contribution in [0.4, 0.5) is 5.88 Å². The highest BCUT2D eigenvalue weighted by molar-refractivity contribution is 6.01. The number of amides is 1. The van der Waals surface area contributed by atoms with Gasteiger partial charge in [-0.3, -0.25) is 19.8 Å². The Kier molecular flexibility index (Phi) is 5.41. The molecule has 3 rings (SSSR count). The van der Waals surface area contributed by atoms with E-state index in [9.17, 15) is 9.59 Å². The Balaban J connectivity index is 1.80. The van der Waals surface area contributed by atoms with Crippen LogP contribution in [0.25, 0.3) is 10.8 Å². The zero-order chi connectivity index (χ0) is 19.6. The third kappa shape index (κ3) is 4.09. The summed E-state index contributed by atoms with van der Waals surface area (Å²) in [7, 11) is 0. The minimum absolute atomic E-state index is 0.169. The van der Waals surface area contributed by atoms with Gasteiger partial charge in [-0.05, 0) is 33.3 Å². The number of nitrogens with one attached hydrogen (secondary N) is 2. The van der Waals surface area contributed by atoms with E-state index >= 15 is 0 Å². The van der Waals surface area contributed by atoms with E-state index in [1.165, 1.54) is 0 Å². The van der Waals surface area contributed by atoms with Crippen molar-refractivity contribution in [1.29, 1.82) is 0 Å². The number of anilines is 1. The van der Waals surface area contributed by atoms with Gasteiger partial charge < -0.3 is 4.42 Å². The van der Waals surface area contributed by atoms with Gasteiger partial charge in [-0.15, -0.1) is 0 Å². The molecule has 3 aromatic rings. The minimum Gasteiger partial charge on any atom is -0.444 e. The monoisotopic (exact) mass is 368 g/mol. The lowest BCUT2D eigenvalue weighted by atomic mass is 10.2. The molecule has 2 aromatic heterocycles. The van der Waals surface area contributed by atoms with Crippen molar-refractivity contribution >= 4 is 22.6 Å². The topological polar surface area (TPSA) is 91.2 Å². The lowest BCUT2D eigenvalue weighted by Gasteiger charge is -2.25. The number of benzene rings is 1. The van der Waals surface area contributed by atoms with Crippen LogP contribution < -0.4 is 10.9 Å². The number of furan rings is 1. The van der Waals surface area contributed by atoms with Crippen molar-refractivity contribution in [2.24, 2.45) is 0 Å². The number of aromatic nitrogens is 2. The molecule has 7 heteroatoms. The third-order valence-electron chi connectivity index (χ3n) is 4.56. The predicted molar refractivity (Wildman–Crippen MR) is 105 cm³/mol. The Morgan fingerprint density at radius 3 is 2.59 bits per heavy atom. The third-order valence-corrected chi connectivity index (χ3v) is 4.56. The Morgan fingerprint density at radius 1 is 1.22 bits per heavy atom. The second-order valence-electron chi connectivity index (χ2n) is 6.91. The fourth-order valence-corrected chi connectivity index (χ4v) is 3.12. The van der Waals surface area contributed by atoms with Gasteiger partial charge in [0.2, 0.25) is 11.8 Å². The first-order valence-corrected chi connectivity index (χ1v) is 8.93. The normalized spacial score (nSPS) is 11.5. The fourth-order valence-electron chi connectivity index (χ4n) is 3.12. The molecule has 0 aliphatic rings. The van der Waals surface area contributed by atoms with Crippen LogP contribution in [0.1, 0.15) is 30.9 Å². The summed E-state index contributed by atoms with van der Waals surface area (Å²) >= 11 is 0. The zero-order valence-corrected chi connectivity index (χ0v) is 16.0. The molecule has 2 heterocycles. The van der Waals surface area contributed by atoms with Gasteiger partial charge in [0.15, 0.2) is 0 Å². The predicted octanol–water partition coefficient (Wildman–Crippen LogP) is 2.98. The quantitative estimate of drug-likeness (QED) is 0.698. The maximum absolute atomic E-state index is 12.6. The Morgan fingerprint density at radius 2 is 1.93 bits per heavy atom. The van der Waals surface area contributed by atoms with E-state index in [0.717, 1.165) is 5.56 Å². The average molecular weight is 368 g/mol. The van der Waals surface area contributed by atoms with E-state index in [0.29, 0.717) is 28.8 Å². The van der Waals surface area contributed by atoms with Crippen LogP contribution >= 0.6 is 0 Å². The molecule has 0 aliphatic carbocycles. The summed E-state index contributed by atoms with van der Waals surface area (Å²) in [6.45, 7) is 8.47. The van der Waals surface area contributed by atoms with E-state index in [-0.39, 0.29) is 29.9 Å². The summed E-state index contributed by atoms with van der Waals surface area (Å²) in [5, 5.41) is 10.1. The number of carbonyl (C=O) groups excluding carboxylic acids is 1. The van der Waals surface area contributed by atoms with Crippen molar-refractivity contribution in [3.63, 3.8) is 0 Å². The molecule has 7 nitrogen and oxygen atoms in total. The van der Waals surface area contributed by atoms with Crippen molar-refractivity contribution in [3.8, 4) is 0 Å². The SMILES string of the molecule is Cc1n[nH]c(=O)c2c(NC(=O)CN(Cc3ccccc3)C(C)C)oc(C)c12. The van der Waals surface area contributed by atoms with Gasteiger partial charge in [-0.2, -0.15) is 5.10 Å². The van der Waals surface area contributed by atoms with E-state index in [1.807, 2.05) is 44.2 Å². The van der Waals surface area contributed by atoms with E-state index in [2.05, 4.69) is 20.4 Å². The average Bonchev–Trinajstić information content (AvgIpc) is 2.95. The summed E-state index contributed by atoms with van der Waals surface area (Å²) in [6.07, 6.45) is 0. The van der Waals surface area contributed by atoms with Gasteiger partial charge in [-0.25, -0.2) is 5.10 Å². The molecule has 0 spiro atoms. The molecule has 2 N–H and O–H groups in total. The molecule has 142 valence electrons. The van der Waals surface area contributed by atoms with E-state index in [1.54, 1.807) is 13.8 Å². The molecule has 0 unspecified atom stereocenters. The molecule has 0 aliphatic heterocycles. The van der Waals surface area contributed by atoms with Gasteiger partial charge in [0.1, 0.15) is 11.1 Å². The molecule has 0 saturated heterocycles. The van der Waals surface area contributed by atoms with Crippen LogP contribution in [0.5, 0.6) is 0 Å². The van der Waals surface area contributed by atoms with Crippen molar-refractivity contribution in [2.45, 2.75) is 40.3 Å². The van der Waals surface area contributed by atoms with Crippen LogP contribution in [0.3, 0.4) is 0 Å². The molecule has 1 aromatic carbocycles.